The molecule has 2 aromatic carbocycles. The maximum absolute atomic E-state index is 12.3. The highest BCUT2D eigenvalue weighted by Crippen LogP contribution is 2.24. The van der Waals surface area contributed by atoms with Crippen LogP contribution in [0.25, 0.3) is 0 Å². The summed E-state index contributed by atoms with van der Waals surface area (Å²) in [7, 11) is 0. The van der Waals surface area contributed by atoms with Crippen LogP contribution in [0.5, 0.6) is 0 Å². The van der Waals surface area contributed by atoms with Crippen LogP contribution in [0.4, 0.5) is 11.4 Å². The first kappa shape index (κ1) is 19.9. The summed E-state index contributed by atoms with van der Waals surface area (Å²) in [5, 5.41) is 2.89. The highest BCUT2D eigenvalue weighted by molar-refractivity contribution is 5.94. The average molecular weight is 381 g/mol. The van der Waals surface area contributed by atoms with Gasteiger partial charge in [0.05, 0.1) is 6.61 Å². The van der Waals surface area contributed by atoms with Gasteiger partial charge in [0, 0.05) is 30.4 Å². The molecule has 28 heavy (non-hydrogen) atoms. The van der Waals surface area contributed by atoms with Crippen LogP contribution in [-0.4, -0.2) is 31.0 Å². The van der Waals surface area contributed by atoms with Crippen molar-refractivity contribution >= 4 is 23.2 Å². The van der Waals surface area contributed by atoms with Gasteiger partial charge in [-0.2, -0.15) is 0 Å². The molecule has 6 nitrogen and oxygen atoms in total. The summed E-state index contributed by atoms with van der Waals surface area (Å²) >= 11 is 0. The van der Waals surface area contributed by atoms with E-state index in [1.54, 1.807) is 6.92 Å². The van der Waals surface area contributed by atoms with Gasteiger partial charge in [0.1, 0.15) is 6.10 Å². The number of hydrogen-bond donors (Lipinski definition) is 2. The summed E-state index contributed by atoms with van der Waals surface area (Å²) in [5.74, 6) is -0.403. The minimum atomic E-state index is -0.548. The van der Waals surface area contributed by atoms with Crippen LogP contribution < -0.4 is 16.0 Å². The number of amides is 2. The lowest BCUT2D eigenvalue weighted by Crippen LogP contribution is -2.38. The Morgan fingerprint density at radius 1 is 1.11 bits per heavy atom. The van der Waals surface area contributed by atoms with E-state index in [-0.39, 0.29) is 17.7 Å². The fourth-order valence-corrected chi connectivity index (χ4v) is 3.29. The third-order valence-corrected chi connectivity index (χ3v) is 5.11. The Morgan fingerprint density at radius 2 is 1.75 bits per heavy atom. The van der Waals surface area contributed by atoms with Crippen LogP contribution >= 0.6 is 0 Å². The van der Waals surface area contributed by atoms with Gasteiger partial charge in [0.2, 0.25) is 5.91 Å². The van der Waals surface area contributed by atoms with E-state index in [0.29, 0.717) is 6.61 Å². The molecule has 1 aliphatic heterocycles. The Bertz CT molecular complexity index is 784. The minimum Gasteiger partial charge on any atom is -0.371 e. The van der Waals surface area contributed by atoms with Crippen molar-refractivity contribution in [3.63, 3.8) is 0 Å². The van der Waals surface area contributed by atoms with Crippen molar-refractivity contribution in [3.8, 4) is 0 Å². The topological polar surface area (TPSA) is 84.7 Å². The molecule has 0 saturated carbocycles. The first-order valence-corrected chi connectivity index (χ1v) is 9.63. The van der Waals surface area contributed by atoms with Crippen LogP contribution in [0, 0.1) is 5.92 Å². The molecule has 1 saturated heterocycles. The molecule has 0 bridgehead atoms. The molecule has 2 amide bonds. The van der Waals surface area contributed by atoms with E-state index in [0.717, 1.165) is 42.9 Å². The number of piperidine rings is 1. The number of primary amides is 1. The Balaban J connectivity index is 1.48. The largest absolute Gasteiger partial charge is 0.371 e. The lowest BCUT2D eigenvalue weighted by molar-refractivity contribution is -0.127. The van der Waals surface area contributed by atoms with Crippen LogP contribution in [0.1, 0.15) is 25.3 Å². The Labute approximate surface area is 165 Å². The summed E-state index contributed by atoms with van der Waals surface area (Å²) < 4.78 is 5.65. The SMILES string of the molecule is CC(OCc1ccccc1)C(=O)Nc1ccc(N2CCC(C(N)=O)CC2)cc1. The summed E-state index contributed by atoms with van der Waals surface area (Å²) in [5.41, 5.74) is 8.23. The molecule has 3 rings (SSSR count). The van der Waals surface area contributed by atoms with E-state index in [1.165, 1.54) is 0 Å². The van der Waals surface area contributed by atoms with Crippen LogP contribution in [0.3, 0.4) is 0 Å². The van der Waals surface area contributed by atoms with Crippen LogP contribution in [0.2, 0.25) is 0 Å². The predicted molar refractivity (Wildman–Crippen MR) is 110 cm³/mol. The standard InChI is InChI=1S/C22H27N3O3/c1-16(28-15-17-5-3-2-4-6-17)22(27)24-19-7-9-20(10-8-19)25-13-11-18(12-14-25)21(23)26/h2-10,16,18H,11-15H2,1H3,(H2,23,26)(H,24,27). The van der Waals surface area contributed by atoms with Crippen molar-refractivity contribution in [2.45, 2.75) is 32.5 Å². The average Bonchev–Trinajstić information content (AvgIpc) is 2.73. The molecule has 1 unspecified atom stereocenters. The van der Waals surface area contributed by atoms with Crippen LogP contribution in [-0.2, 0) is 20.9 Å². The summed E-state index contributed by atoms with van der Waals surface area (Å²) in [4.78, 5) is 25.8. The quantitative estimate of drug-likeness (QED) is 0.772. The maximum Gasteiger partial charge on any atom is 0.253 e. The van der Waals surface area contributed by atoms with Crippen LogP contribution in [0.15, 0.2) is 54.6 Å². The molecule has 1 aliphatic rings. The lowest BCUT2D eigenvalue weighted by atomic mass is 9.96. The zero-order valence-electron chi connectivity index (χ0n) is 16.1. The van der Waals surface area contributed by atoms with E-state index in [9.17, 15) is 9.59 Å². The number of benzene rings is 2. The van der Waals surface area contributed by atoms with E-state index >= 15 is 0 Å². The molecule has 1 atom stereocenters. The molecule has 148 valence electrons. The van der Waals surface area contributed by atoms with Crippen molar-refractivity contribution in [2.75, 3.05) is 23.3 Å². The lowest BCUT2D eigenvalue weighted by Gasteiger charge is -2.32. The van der Waals surface area contributed by atoms with E-state index in [4.69, 9.17) is 10.5 Å². The summed E-state index contributed by atoms with van der Waals surface area (Å²) in [6, 6.07) is 17.5. The van der Waals surface area contributed by atoms with Crippen molar-refractivity contribution in [1.29, 1.82) is 0 Å². The van der Waals surface area contributed by atoms with Gasteiger partial charge in [-0.1, -0.05) is 30.3 Å². The highest BCUT2D eigenvalue weighted by atomic mass is 16.5. The number of nitrogens with zero attached hydrogens (tertiary/aromatic N) is 1. The van der Waals surface area contributed by atoms with Gasteiger partial charge < -0.3 is 20.7 Å². The third kappa shape index (κ3) is 5.33. The van der Waals surface area contributed by atoms with E-state index < -0.39 is 6.10 Å². The number of rotatable bonds is 7. The second-order valence-electron chi connectivity index (χ2n) is 7.14. The number of ether oxygens (including phenoxy) is 1. The van der Waals surface area contributed by atoms with E-state index in [2.05, 4.69) is 10.2 Å². The molecule has 0 aliphatic carbocycles. The molecular formula is C22H27N3O3. The second-order valence-corrected chi connectivity index (χ2v) is 7.14. The Hall–Kier alpha value is -2.86. The van der Waals surface area contributed by atoms with Gasteiger partial charge in [-0.25, -0.2) is 0 Å². The molecule has 3 N–H and O–H groups in total. The number of hydrogen-bond acceptors (Lipinski definition) is 4. The smallest absolute Gasteiger partial charge is 0.253 e. The van der Waals surface area contributed by atoms with Gasteiger partial charge in [-0.3, -0.25) is 9.59 Å². The number of carbonyl (C=O) groups is 2. The molecule has 0 spiro atoms. The Kier molecular flexibility index (Phi) is 6.66. The van der Waals surface area contributed by atoms with Crippen molar-refractivity contribution in [2.24, 2.45) is 11.7 Å². The van der Waals surface area contributed by atoms with Gasteiger partial charge in [-0.15, -0.1) is 0 Å². The van der Waals surface area contributed by atoms with Crippen molar-refractivity contribution in [1.82, 2.24) is 0 Å². The Morgan fingerprint density at radius 3 is 2.36 bits per heavy atom. The highest BCUT2D eigenvalue weighted by Gasteiger charge is 2.23. The van der Waals surface area contributed by atoms with Gasteiger partial charge in [-0.05, 0) is 49.6 Å². The van der Waals surface area contributed by atoms with Gasteiger partial charge in [0.15, 0.2) is 0 Å². The van der Waals surface area contributed by atoms with Crippen molar-refractivity contribution in [3.05, 3.63) is 60.2 Å². The van der Waals surface area contributed by atoms with Crippen molar-refractivity contribution < 1.29 is 14.3 Å². The normalized spacial score (nSPS) is 15.8. The first-order chi connectivity index (χ1) is 13.5. The molecular weight excluding hydrogens is 354 g/mol. The molecule has 0 radical (unpaired) electrons. The number of carbonyl (C=O) groups excluding carboxylic acids is 2. The number of anilines is 2. The molecule has 1 fully saturated rings. The van der Waals surface area contributed by atoms with Gasteiger partial charge in [0.25, 0.3) is 5.91 Å². The minimum absolute atomic E-state index is 0.0211. The molecule has 6 heteroatoms. The zero-order valence-corrected chi connectivity index (χ0v) is 16.1. The fraction of sp³-hybridized carbons (Fsp3) is 0.364. The number of nitrogens with two attached hydrogens (primary N) is 1. The molecule has 0 aromatic heterocycles. The third-order valence-electron chi connectivity index (χ3n) is 5.11. The second kappa shape index (κ2) is 9.37. The molecule has 1 heterocycles. The molecule has 2 aromatic rings. The first-order valence-electron chi connectivity index (χ1n) is 9.63. The summed E-state index contributed by atoms with van der Waals surface area (Å²) in [6.45, 7) is 3.76. The van der Waals surface area contributed by atoms with E-state index in [1.807, 2.05) is 54.6 Å². The summed E-state index contributed by atoms with van der Waals surface area (Å²) in [6.07, 6.45) is 1.02. The fourth-order valence-electron chi connectivity index (χ4n) is 3.29. The zero-order chi connectivity index (χ0) is 19.9. The number of nitrogens with one attached hydrogen (secondary N) is 1. The van der Waals surface area contributed by atoms with Gasteiger partial charge >= 0.3 is 0 Å². The predicted octanol–water partition coefficient (Wildman–Crippen LogP) is 2.93. The maximum atomic E-state index is 12.3. The monoisotopic (exact) mass is 381 g/mol.